The highest BCUT2D eigenvalue weighted by molar-refractivity contribution is 6.10. The molecule has 0 aliphatic heterocycles. The van der Waals surface area contributed by atoms with Crippen LogP contribution in [0.4, 0.5) is 0 Å². The van der Waals surface area contributed by atoms with Crippen LogP contribution in [-0.4, -0.2) is 60.9 Å². The fourth-order valence-electron chi connectivity index (χ4n) is 3.95. The average molecular weight is 681 g/mol. The van der Waals surface area contributed by atoms with E-state index in [4.69, 9.17) is 28.4 Å². The van der Waals surface area contributed by atoms with Crippen molar-refractivity contribution in [1.29, 1.82) is 0 Å². The SMILES string of the molecule is COc1cc(/C=C/C(=O)CC(=O)/C=C/c2ccc(OC(=O)CCC(=O)OC(C)(C)C)c(OC)c2)ccc1OC(=O)CCC(=O)OC(C)(C)C. The van der Waals surface area contributed by atoms with Crippen LogP contribution in [-0.2, 0) is 38.2 Å². The minimum Gasteiger partial charge on any atom is -0.493 e. The van der Waals surface area contributed by atoms with E-state index >= 15 is 0 Å². The predicted molar refractivity (Wildman–Crippen MR) is 180 cm³/mol. The molecule has 0 unspecified atom stereocenters. The standard InChI is InChI=1S/C37H44O12/c1-36(2,3)48-34(42)19-17-32(40)46-28-15-11-24(21-30(28)44-7)9-13-26(38)23-27(39)14-10-25-12-16-29(31(22-25)45-8)47-33(41)18-20-35(43)49-37(4,5)6/h9-16,21-22H,17-20,23H2,1-8H3/b13-9+,14-10+. The Morgan fingerprint density at radius 3 is 1.20 bits per heavy atom. The van der Waals surface area contributed by atoms with Gasteiger partial charge in [0.1, 0.15) is 11.2 Å². The molecule has 0 heterocycles. The quantitative estimate of drug-likeness (QED) is 0.0881. The minimum absolute atomic E-state index is 0.132. The normalized spacial score (nSPS) is 11.6. The Kier molecular flexibility index (Phi) is 14.9. The van der Waals surface area contributed by atoms with Gasteiger partial charge in [0.05, 0.1) is 46.3 Å². The van der Waals surface area contributed by atoms with Gasteiger partial charge < -0.3 is 28.4 Å². The maximum absolute atomic E-state index is 12.5. The van der Waals surface area contributed by atoms with Crippen LogP contribution < -0.4 is 18.9 Å². The van der Waals surface area contributed by atoms with Gasteiger partial charge in [-0.2, -0.15) is 0 Å². The number of hydrogen-bond acceptors (Lipinski definition) is 12. The van der Waals surface area contributed by atoms with Crippen LogP contribution in [0.15, 0.2) is 48.6 Å². The first-order valence-electron chi connectivity index (χ1n) is 15.5. The van der Waals surface area contributed by atoms with Crippen molar-refractivity contribution in [2.24, 2.45) is 0 Å². The molecule has 0 aromatic heterocycles. The van der Waals surface area contributed by atoms with Gasteiger partial charge in [-0.05, 0) is 89.1 Å². The Bertz CT molecular complexity index is 1470. The molecule has 0 atom stereocenters. The molecular weight excluding hydrogens is 636 g/mol. The molecule has 264 valence electrons. The van der Waals surface area contributed by atoms with E-state index in [0.717, 1.165) is 0 Å². The molecule has 2 aromatic rings. The summed E-state index contributed by atoms with van der Waals surface area (Å²) in [5, 5.41) is 0. The average Bonchev–Trinajstić information content (AvgIpc) is 3.00. The fourth-order valence-corrected chi connectivity index (χ4v) is 3.95. The molecule has 0 amide bonds. The number of carbonyl (C=O) groups is 6. The van der Waals surface area contributed by atoms with Gasteiger partial charge in [0.25, 0.3) is 0 Å². The summed E-state index contributed by atoms with van der Waals surface area (Å²) in [6.45, 7) is 10.4. The topological polar surface area (TPSA) is 158 Å². The first-order valence-corrected chi connectivity index (χ1v) is 15.5. The van der Waals surface area contributed by atoms with Gasteiger partial charge in [0, 0.05) is 0 Å². The first kappa shape index (κ1) is 39.9. The van der Waals surface area contributed by atoms with Crippen LogP contribution in [0.25, 0.3) is 12.2 Å². The Morgan fingerprint density at radius 2 is 0.878 bits per heavy atom. The van der Waals surface area contributed by atoms with Crippen LogP contribution >= 0.6 is 0 Å². The molecule has 0 fully saturated rings. The number of esters is 4. The van der Waals surface area contributed by atoms with Crippen molar-refractivity contribution in [3.63, 3.8) is 0 Å². The third kappa shape index (κ3) is 15.9. The van der Waals surface area contributed by atoms with Crippen molar-refractivity contribution < 1.29 is 57.2 Å². The molecule has 2 aromatic carbocycles. The molecule has 0 saturated carbocycles. The number of hydrogen-bond donors (Lipinski definition) is 0. The number of carbonyl (C=O) groups excluding carboxylic acids is 6. The molecule has 0 aliphatic carbocycles. The third-order valence-corrected chi connectivity index (χ3v) is 6.00. The summed E-state index contributed by atoms with van der Waals surface area (Å²) < 4.78 is 31.6. The van der Waals surface area contributed by atoms with E-state index in [-0.39, 0.29) is 55.1 Å². The highest BCUT2D eigenvalue weighted by Gasteiger charge is 2.20. The second-order valence-electron chi connectivity index (χ2n) is 12.7. The number of ether oxygens (including phenoxy) is 6. The van der Waals surface area contributed by atoms with E-state index in [1.54, 1.807) is 65.8 Å². The molecule has 0 spiro atoms. The molecule has 0 N–H and O–H groups in total. The van der Waals surface area contributed by atoms with E-state index in [2.05, 4.69) is 0 Å². The van der Waals surface area contributed by atoms with Crippen molar-refractivity contribution in [2.75, 3.05) is 14.2 Å². The lowest BCUT2D eigenvalue weighted by Crippen LogP contribution is -2.24. The molecule has 0 radical (unpaired) electrons. The Labute approximate surface area is 286 Å². The fraction of sp³-hybridized carbons (Fsp3) is 0.405. The monoisotopic (exact) mass is 680 g/mol. The van der Waals surface area contributed by atoms with Crippen LogP contribution in [0.1, 0.15) is 84.8 Å². The number of benzene rings is 2. The van der Waals surface area contributed by atoms with E-state index in [1.807, 2.05) is 0 Å². The van der Waals surface area contributed by atoms with Gasteiger partial charge in [-0.3, -0.25) is 28.8 Å². The van der Waals surface area contributed by atoms with Crippen molar-refractivity contribution in [1.82, 2.24) is 0 Å². The highest BCUT2D eigenvalue weighted by atomic mass is 16.6. The van der Waals surface area contributed by atoms with Crippen LogP contribution in [0.2, 0.25) is 0 Å². The number of rotatable bonds is 16. The molecular formula is C37H44O12. The number of allylic oxidation sites excluding steroid dienone is 2. The van der Waals surface area contributed by atoms with Crippen LogP contribution in [0.5, 0.6) is 23.0 Å². The highest BCUT2D eigenvalue weighted by Crippen LogP contribution is 2.30. The van der Waals surface area contributed by atoms with Crippen molar-refractivity contribution in [3.8, 4) is 23.0 Å². The van der Waals surface area contributed by atoms with Gasteiger partial charge in [-0.1, -0.05) is 24.3 Å². The van der Waals surface area contributed by atoms with Crippen molar-refractivity contribution in [3.05, 3.63) is 59.7 Å². The number of ketones is 2. The van der Waals surface area contributed by atoms with Gasteiger partial charge >= 0.3 is 23.9 Å². The molecule has 0 bridgehead atoms. The molecule has 2 rings (SSSR count). The summed E-state index contributed by atoms with van der Waals surface area (Å²) in [6.07, 6.45) is 4.49. The lowest BCUT2D eigenvalue weighted by atomic mass is 10.1. The minimum atomic E-state index is -0.657. The summed E-state index contributed by atoms with van der Waals surface area (Å²) in [7, 11) is 2.78. The maximum Gasteiger partial charge on any atom is 0.311 e. The Hall–Kier alpha value is -5.26. The zero-order valence-corrected chi connectivity index (χ0v) is 29.2. The lowest BCUT2D eigenvalue weighted by Gasteiger charge is -2.19. The third-order valence-electron chi connectivity index (χ3n) is 6.00. The van der Waals surface area contributed by atoms with Gasteiger partial charge in [0.15, 0.2) is 34.6 Å². The second-order valence-corrected chi connectivity index (χ2v) is 12.7. The second kappa shape index (κ2) is 18.3. The Balaban J connectivity index is 1.91. The van der Waals surface area contributed by atoms with Crippen molar-refractivity contribution >= 4 is 47.6 Å². The number of methoxy groups -OCH3 is 2. The zero-order valence-electron chi connectivity index (χ0n) is 29.2. The molecule has 0 aliphatic rings. The van der Waals surface area contributed by atoms with Gasteiger partial charge in [-0.15, -0.1) is 0 Å². The van der Waals surface area contributed by atoms with E-state index < -0.39 is 46.6 Å². The molecule has 12 heteroatoms. The predicted octanol–water partition coefficient (Wildman–Crippen LogP) is 6.01. The van der Waals surface area contributed by atoms with Gasteiger partial charge in [0.2, 0.25) is 0 Å². The van der Waals surface area contributed by atoms with Crippen molar-refractivity contribution in [2.45, 2.75) is 84.8 Å². The summed E-state index contributed by atoms with van der Waals surface area (Å²) in [5.41, 5.74) is -0.203. The first-order chi connectivity index (χ1) is 22.9. The van der Waals surface area contributed by atoms with E-state index in [0.29, 0.717) is 11.1 Å². The largest absolute Gasteiger partial charge is 0.493 e. The van der Waals surface area contributed by atoms with E-state index in [1.165, 1.54) is 50.7 Å². The zero-order chi connectivity index (χ0) is 36.8. The molecule has 0 saturated heterocycles. The smallest absolute Gasteiger partial charge is 0.311 e. The van der Waals surface area contributed by atoms with Gasteiger partial charge in [-0.25, -0.2) is 0 Å². The summed E-state index contributed by atoms with van der Waals surface area (Å²) in [6, 6.07) is 9.29. The summed E-state index contributed by atoms with van der Waals surface area (Å²) >= 11 is 0. The Morgan fingerprint density at radius 1 is 0.531 bits per heavy atom. The van der Waals surface area contributed by atoms with Crippen LogP contribution in [0, 0.1) is 0 Å². The van der Waals surface area contributed by atoms with Crippen LogP contribution in [0.3, 0.4) is 0 Å². The molecule has 12 nitrogen and oxygen atoms in total. The summed E-state index contributed by atoms with van der Waals surface area (Å²) in [4.78, 5) is 73.1. The maximum atomic E-state index is 12.5. The van der Waals surface area contributed by atoms with E-state index in [9.17, 15) is 28.8 Å². The lowest BCUT2D eigenvalue weighted by molar-refractivity contribution is -0.157. The summed E-state index contributed by atoms with van der Waals surface area (Å²) in [5.74, 6) is -2.46. The molecule has 49 heavy (non-hydrogen) atoms.